The highest BCUT2D eigenvalue weighted by molar-refractivity contribution is 5.72. The lowest BCUT2D eigenvalue weighted by Crippen LogP contribution is -1.87. The molecule has 3 nitrogen and oxygen atoms in total. The van der Waals surface area contributed by atoms with Crippen molar-refractivity contribution in [1.29, 1.82) is 0 Å². The lowest BCUT2D eigenvalue weighted by molar-refractivity contribution is 0.477. The number of phenolic OH excluding ortho intramolecular Hbond substituents is 1. The molecule has 3 N–H and O–H groups in total. The predicted octanol–water partition coefficient (Wildman–Crippen LogP) is 2.34. The molecule has 76 valence electrons. The molecule has 1 aromatic heterocycles. The van der Waals surface area contributed by atoms with Crippen LogP contribution in [-0.4, -0.2) is 10.1 Å². The van der Waals surface area contributed by atoms with Gasteiger partial charge in [0.25, 0.3) is 0 Å². The Morgan fingerprint density at radius 3 is 2.67 bits per heavy atom. The van der Waals surface area contributed by atoms with E-state index in [4.69, 9.17) is 5.73 Å². The van der Waals surface area contributed by atoms with E-state index in [0.29, 0.717) is 5.69 Å². The maximum atomic E-state index is 9.74. The van der Waals surface area contributed by atoms with E-state index in [1.165, 1.54) is 0 Å². The van der Waals surface area contributed by atoms with E-state index in [0.717, 1.165) is 16.8 Å². The van der Waals surface area contributed by atoms with Gasteiger partial charge in [-0.3, -0.25) is 4.98 Å². The number of aryl methyl sites for hydroxylation is 1. The van der Waals surface area contributed by atoms with Crippen LogP contribution in [0.1, 0.15) is 5.69 Å². The van der Waals surface area contributed by atoms with Crippen LogP contribution in [0.15, 0.2) is 36.5 Å². The van der Waals surface area contributed by atoms with Crippen molar-refractivity contribution in [1.82, 2.24) is 4.98 Å². The molecule has 0 atom stereocenters. The number of nitrogen functional groups attached to an aromatic ring is 1. The molecule has 2 rings (SSSR count). The number of hydrogen-bond acceptors (Lipinski definition) is 3. The van der Waals surface area contributed by atoms with Gasteiger partial charge in [-0.1, -0.05) is 0 Å². The first-order valence-electron chi connectivity index (χ1n) is 4.68. The Bertz CT molecular complexity index is 495. The minimum atomic E-state index is 0.195. The molecule has 0 aliphatic rings. The second-order valence-corrected chi connectivity index (χ2v) is 3.46. The van der Waals surface area contributed by atoms with E-state index in [-0.39, 0.29) is 5.75 Å². The molecule has 1 heterocycles. The Labute approximate surface area is 88.2 Å². The van der Waals surface area contributed by atoms with Gasteiger partial charge in [-0.15, -0.1) is 0 Å². The maximum absolute atomic E-state index is 9.74. The summed E-state index contributed by atoms with van der Waals surface area (Å²) in [7, 11) is 0. The molecule has 0 saturated carbocycles. The fraction of sp³-hybridized carbons (Fsp3) is 0.0833. The molecule has 0 aliphatic heterocycles. The van der Waals surface area contributed by atoms with Gasteiger partial charge in [0.2, 0.25) is 0 Å². The summed E-state index contributed by atoms with van der Waals surface area (Å²) in [5.41, 5.74) is 8.76. The highest BCUT2D eigenvalue weighted by Crippen LogP contribution is 2.30. The van der Waals surface area contributed by atoms with Gasteiger partial charge < -0.3 is 10.8 Å². The van der Waals surface area contributed by atoms with Gasteiger partial charge >= 0.3 is 0 Å². The number of rotatable bonds is 1. The van der Waals surface area contributed by atoms with Crippen LogP contribution in [0.3, 0.4) is 0 Å². The molecule has 0 amide bonds. The number of pyridine rings is 1. The normalized spacial score (nSPS) is 10.2. The van der Waals surface area contributed by atoms with Gasteiger partial charge in [-0.05, 0) is 36.8 Å². The van der Waals surface area contributed by atoms with Gasteiger partial charge in [0.15, 0.2) is 0 Å². The first-order valence-corrected chi connectivity index (χ1v) is 4.68. The molecule has 0 saturated heterocycles. The molecule has 0 aliphatic carbocycles. The number of hydrogen-bond donors (Lipinski definition) is 2. The average Bonchev–Trinajstić information content (AvgIpc) is 2.17. The third-order valence-electron chi connectivity index (χ3n) is 2.23. The van der Waals surface area contributed by atoms with Crippen molar-refractivity contribution in [3.63, 3.8) is 0 Å². The second kappa shape index (κ2) is 3.61. The number of nitrogens with zero attached hydrogens (tertiary/aromatic N) is 1. The third kappa shape index (κ3) is 1.91. The zero-order valence-electron chi connectivity index (χ0n) is 8.44. The number of aromatic nitrogens is 1. The van der Waals surface area contributed by atoms with Gasteiger partial charge in [0.1, 0.15) is 5.75 Å². The van der Waals surface area contributed by atoms with Gasteiger partial charge in [-0.2, -0.15) is 0 Å². The smallest absolute Gasteiger partial charge is 0.125 e. The van der Waals surface area contributed by atoms with E-state index < -0.39 is 0 Å². The summed E-state index contributed by atoms with van der Waals surface area (Å²) in [6.07, 6.45) is 1.72. The minimum absolute atomic E-state index is 0.195. The summed E-state index contributed by atoms with van der Waals surface area (Å²) in [4.78, 5) is 4.11. The predicted molar refractivity (Wildman–Crippen MR) is 60.5 cm³/mol. The van der Waals surface area contributed by atoms with Crippen molar-refractivity contribution in [2.75, 3.05) is 5.73 Å². The minimum Gasteiger partial charge on any atom is -0.507 e. The van der Waals surface area contributed by atoms with Crippen LogP contribution in [0.4, 0.5) is 5.69 Å². The molecule has 0 bridgehead atoms. The first-order chi connectivity index (χ1) is 7.16. The molecule has 1 aromatic carbocycles. The summed E-state index contributed by atoms with van der Waals surface area (Å²) in [6.45, 7) is 1.91. The van der Waals surface area contributed by atoms with Crippen LogP contribution >= 0.6 is 0 Å². The molecule has 2 aromatic rings. The van der Waals surface area contributed by atoms with Crippen molar-refractivity contribution in [3.05, 3.63) is 42.2 Å². The number of anilines is 1. The second-order valence-electron chi connectivity index (χ2n) is 3.46. The van der Waals surface area contributed by atoms with E-state index in [2.05, 4.69) is 4.98 Å². The highest BCUT2D eigenvalue weighted by Gasteiger charge is 2.04. The number of nitrogens with two attached hydrogens (primary N) is 1. The molecule has 0 radical (unpaired) electrons. The van der Waals surface area contributed by atoms with Crippen LogP contribution in [0.5, 0.6) is 5.75 Å². The van der Waals surface area contributed by atoms with Gasteiger partial charge in [0, 0.05) is 29.2 Å². The Morgan fingerprint density at radius 2 is 2.00 bits per heavy atom. The van der Waals surface area contributed by atoms with Crippen molar-refractivity contribution in [3.8, 4) is 16.9 Å². The Balaban J connectivity index is 2.54. The third-order valence-corrected chi connectivity index (χ3v) is 2.23. The summed E-state index contributed by atoms with van der Waals surface area (Å²) in [6, 6.07) is 8.90. The standard InChI is InChI=1S/C12H12N2O/c1-8-6-9(4-5-14-8)11-3-2-10(13)7-12(11)15/h2-7,15H,13H2,1H3. The Hall–Kier alpha value is -2.03. The molecule has 3 heteroatoms. The topological polar surface area (TPSA) is 59.1 Å². The summed E-state index contributed by atoms with van der Waals surface area (Å²) in [5, 5.41) is 9.74. The quantitative estimate of drug-likeness (QED) is 0.694. The fourth-order valence-corrected chi connectivity index (χ4v) is 1.51. The van der Waals surface area contributed by atoms with Crippen molar-refractivity contribution >= 4 is 5.69 Å². The van der Waals surface area contributed by atoms with Crippen LogP contribution in [0.2, 0.25) is 0 Å². The molecular formula is C12H12N2O. The Kier molecular flexibility index (Phi) is 2.29. The lowest BCUT2D eigenvalue weighted by Gasteiger charge is -2.05. The molecule has 0 unspecified atom stereocenters. The molecule has 0 fully saturated rings. The van der Waals surface area contributed by atoms with E-state index in [9.17, 15) is 5.11 Å². The SMILES string of the molecule is Cc1cc(-c2ccc(N)cc2O)ccn1. The summed E-state index contributed by atoms with van der Waals surface area (Å²) in [5.74, 6) is 0.195. The Morgan fingerprint density at radius 1 is 1.20 bits per heavy atom. The zero-order chi connectivity index (χ0) is 10.8. The van der Waals surface area contributed by atoms with E-state index in [1.54, 1.807) is 24.4 Å². The first kappa shape index (κ1) is 9.52. The maximum Gasteiger partial charge on any atom is 0.125 e. The number of phenols is 1. The number of benzene rings is 1. The zero-order valence-corrected chi connectivity index (χ0v) is 8.44. The largest absolute Gasteiger partial charge is 0.507 e. The lowest BCUT2D eigenvalue weighted by atomic mass is 10.0. The van der Waals surface area contributed by atoms with Gasteiger partial charge in [-0.25, -0.2) is 0 Å². The molecule has 15 heavy (non-hydrogen) atoms. The molecule has 0 spiro atoms. The van der Waals surface area contributed by atoms with Crippen LogP contribution in [-0.2, 0) is 0 Å². The molecular weight excluding hydrogens is 188 g/mol. The van der Waals surface area contributed by atoms with Crippen molar-refractivity contribution in [2.45, 2.75) is 6.92 Å². The van der Waals surface area contributed by atoms with Crippen LogP contribution in [0.25, 0.3) is 11.1 Å². The van der Waals surface area contributed by atoms with E-state index in [1.807, 2.05) is 19.1 Å². The van der Waals surface area contributed by atoms with Crippen LogP contribution in [0, 0.1) is 6.92 Å². The fourth-order valence-electron chi connectivity index (χ4n) is 1.51. The van der Waals surface area contributed by atoms with E-state index >= 15 is 0 Å². The van der Waals surface area contributed by atoms with Crippen molar-refractivity contribution < 1.29 is 5.11 Å². The highest BCUT2D eigenvalue weighted by atomic mass is 16.3. The summed E-state index contributed by atoms with van der Waals surface area (Å²) < 4.78 is 0. The summed E-state index contributed by atoms with van der Waals surface area (Å²) >= 11 is 0. The van der Waals surface area contributed by atoms with Crippen LogP contribution < -0.4 is 5.73 Å². The average molecular weight is 200 g/mol. The van der Waals surface area contributed by atoms with Gasteiger partial charge in [0.05, 0.1) is 0 Å². The monoisotopic (exact) mass is 200 g/mol. The number of aromatic hydroxyl groups is 1. The van der Waals surface area contributed by atoms with Crippen molar-refractivity contribution in [2.24, 2.45) is 0 Å².